The molecule has 0 bridgehead atoms. The zero-order chi connectivity index (χ0) is 24.8. The average Bonchev–Trinajstić information content (AvgIpc) is 3.14. The normalized spacial score (nSPS) is 16.6. The monoisotopic (exact) mass is 474 g/mol. The van der Waals surface area contributed by atoms with Gasteiger partial charge in [0.15, 0.2) is 0 Å². The predicted molar refractivity (Wildman–Crippen MR) is 136 cm³/mol. The molecule has 0 aromatic heterocycles. The number of hydrogen-bond acceptors (Lipinski definition) is 4. The van der Waals surface area contributed by atoms with Crippen LogP contribution in [0.4, 0.5) is 0 Å². The van der Waals surface area contributed by atoms with E-state index in [1.807, 2.05) is 0 Å². The predicted octanol–water partition coefficient (Wildman–Crippen LogP) is 4.56. The molecule has 0 amide bonds. The summed E-state index contributed by atoms with van der Waals surface area (Å²) in [6.45, 7) is 23.9. The second-order valence-corrected chi connectivity index (χ2v) is 13.8. The molecule has 4 nitrogen and oxygen atoms in total. The van der Waals surface area contributed by atoms with Crippen LogP contribution >= 0.6 is 0 Å². The van der Waals surface area contributed by atoms with Gasteiger partial charge in [-0.2, -0.15) is 0 Å². The van der Waals surface area contributed by atoms with Crippen molar-refractivity contribution in [3.63, 3.8) is 0 Å². The molecule has 0 saturated heterocycles. The van der Waals surface area contributed by atoms with Crippen molar-refractivity contribution >= 4 is 6.96 Å². The van der Waals surface area contributed by atoms with Crippen LogP contribution in [0.15, 0.2) is 24.3 Å². The molecule has 0 atom stereocenters. The summed E-state index contributed by atoms with van der Waals surface area (Å²) in [5.41, 5.74) is 4.28. The minimum atomic E-state index is -2.46. The minimum absolute atomic E-state index is 0. The molecule has 2 aliphatic rings. The van der Waals surface area contributed by atoms with E-state index in [-0.39, 0.29) is 51.2 Å². The summed E-state index contributed by atoms with van der Waals surface area (Å²) in [6, 6.07) is 8.61. The fourth-order valence-corrected chi connectivity index (χ4v) is 4.35. The second-order valence-electron chi connectivity index (χ2n) is 13.8. The smallest absolute Gasteiger partial charge is 0.609 e. The summed E-state index contributed by atoms with van der Waals surface area (Å²) in [6.07, 6.45) is 0. The minimum Gasteiger partial charge on any atom is -0.609 e. The third-order valence-electron chi connectivity index (χ3n) is 6.52. The molecular weight excluding hydrogens is 434 g/mol. The Morgan fingerprint density at radius 1 is 0.471 bits per heavy atom. The number of hydrogen-bond donors (Lipinski definition) is 0. The van der Waals surface area contributed by atoms with Gasteiger partial charge in [0.25, 0.3) is 0 Å². The molecule has 0 radical (unpaired) electrons. The van der Waals surface area contributed by atoms with Gasteiger partial charge in [-0.05, 0) is 56.0 Å². The molecule has 2 aromatic rings. The van der Waals surface area contributed by atoms with Gasteiger partial charge in [-0.1, -0.05) is 95.2 Å². The Hall–Kier alpha value is -1.30. The van der Waals surface area contributed by atoms with E-state index in [0.717, 1.165) is 22.6 Å². The zero-order valence-electron chi connectivity index (χ0n) is 23.5. The first kappa shape index (κ1) is 27.3. The van der Waals surface area contributed by atoms with Gasteiger partial charge in [-0.15, -0.1) is 0 Å². The van der Waals surface area contributed by atoms with E-state index < -0.39 is 6.96 Å². The van der Waals surface area contributed by atoms with Crippen LogP contribution in [0.25, 0.3) is 0 Å². The van der Waals surface area contributed by atoms with E-state index in [1.54, 1.807) is 0 Å². The Bertz CT molecular complexity index is 1020. The molecule has 4 rings (SSSR count). The molecule has 0 N–H and O–H groups in total. The van der Waals surface area contributed by atoms with Crippen molar-refractivity contribution in [2.75, 3.05) is 0 Å². The molecule has 0 aliphatic carbocycles. The van der Waals surface area contributed by atoms with Gasteiger partial charge >= 0.3 is 36.5 Å². The summed E-state index contributed by atoms with van der Waals surface area (Å²) in [7, 11) is 0. The average molecular weight is 474 g/mol. The van der Waals surface area contributed by atoms with Gasteiger partial charge in [0.1, 0.15) is 23.0 Å². The Morgan fingerprint density at radius 3 is 1.06 bits per heavy atom. The first-order chi connectivity index (χ1) is 14.8. The maximum atomic E-state index is 6.45. The van der Waals surface area contributed by atoms with Gasteiger partial charge in [-0.3, -0.25) is 0 Å². The third kappa shape index (κ3) is 4.85. The second kappa shape index (κ2) is 8.11. The van der Waals surface area contributed by atoms with Crippen LogP contribution in [0.5, 0.6) is 23.0 Å². The van der Waals surface area contributed by atoms with E-state index in [4.69, 9.17) is 18.6 Å². The Balaban J connectivity index is 0.00000324. The van der Waals surface area contributed by atoms with Crippen LogP contribution in [0.3, 0.4) is 0 Å². The van der Waals surface area contributed by atoms with Gasteiger partial charge < -0.3 is 18.6 Å². The fraction of sp³-hybridized carbons (Fsp3) is 0.571. The van der Waals surface area contributed by atoms with Crippen molar-refractivity contribution in [2.24, 2.45) is 0 Å². The Labute approximate surface area is 228 Å². The van der Waals surface area contributed by atoms with Crippen molar-refractivity contribution in [3.8, 4) is 23.0 Å². The van der Waals surface area contributed by atoms with Crippen molar-refractivity contribution in [2.45, 2.75) is 105 Å². The zero-order valence-corrected chi connectivity index (χ0v) is 25.5. The maximum Gasteiger partial charge on any atom is 1.00 e. The van der Waals surface area contributed by atoms with E-state index in [1.165, 1.54) is 11.1 Å². The fourth-order valence-electron chi connectivity index (χ4n) is 4.35. The number of benzene rings is 2. The van der Waals surface area contributed by atoms with Gasteiger partial charge in [0, 0.05) is 0 Å². The molecule has 1 spiro atoms. The molecule has 180 valence electrons. The summed E-state index contributed by atoms with van der Waals surface area (Å²) in [4.78, 5) is 0. The van der Waals surface area contributed by atoms with Gasteiger partial charge in [-0.25, -0.2) is 0 Å². The van der Waals surface area contributed by atoms with E-state index in [9.17, 15) is 0 Å². The third-order valence-corrected chi connectivity index (χ3v) is 6.52. The SMILES string of the molecule is CC(C)(C)c1cc2c(c(C(C)(C)C)c1)O[B-]1(O2)Oc2cc(C(C)(C)C)cc(C(C)(C)C)c2O1.[Na+]. The topological polar surface area (TPSA) is 36.9 Å². The van der Waals surface area contributed by atoms with Crippen LogP contribution in [-0.4, -0.2) is 6.96 Å². The van der Waals surface area contributed by atoms with Crippen molar-refractivity contribution in [1.82, 2.24) is 0 Å². The standard InChI is InChI=1S/C28H40BO4.Na/c1-25(2,3)17-13-19(27(7,8)9)23-21(15-17)30-29(32-23)31-22-16-18(26(4,5)6)14-20(24(22)33-29)28(10,11)12;/h13-16H,1-12H3;/q-1;+1. The van der Waals surface area contributed by atoms with E-state index in [0.29, 0.717) is 11.5 Å². The molecule has 0 fully saturated rings. The van der Waals surface area contributed by atoms with Crippen molar-refractivity contribution in [1.29, 1.82) is 0 Å². The molecule has 0 unspecified atom stereocenters. The summed E-state index contributed by atoms with van der Waals surface area (Å²) < 4.78 is 25.7. The van der Waals surface area contributed by atoms with Crippen LogP contribution < -0.4 is 48.2 Å². The molecule has 2 aromatic carbocycles. The quantitative estimate of drug-likeness (QED) is 0.525. The van der Waals surface area contributed by atoms with E-state index in [2.05, 4.69) is 107 Å². The van der Waals surface area contributed by atoms with Crippen LogP contribution in [0, 0.1) is 0 Å². The Morgan fingerprint density at radius 2 is 0.794 bits per heavy atom. The summed E-state index contributed by atoms with van der Waals surface area (Å²) in [5, 5.41) is 0. The van der Waals surface area contributed by atoms with Gasteiger partial charge in [0.2, 0.25) is 0 Å². The van der Waals surface area contributed by atoms with Crippen molar-refractivity contribution < 1.29 is 48.2 Å². The number of rotatable bonds is 0. The van der Waals surface area contributed by atoms with Crippen LogP contribution in [0.2, 0.25) is 0 Å². The van der Waals surface area contributed by atoms with Gasteiger partial charge in [0.05, 0.1) is 0 Å². The van der Waals surface area contributed by atoms with Crippen LogP contribution in [-0.2, 0) is 21.7 Å². The van der Waals surface area contributed by atoms with Crippen molar-refractivity contribution in [3.05, 3.63) is 46.5 Å². The first-order valence-electron chi connectivity index (χ1n) is 12.1. The number of fused-ring (bicyclic) bond motifs is 2. The molecule has 2 heterocycles. The Kier molecular flexibility index (Phi) is 6.51. The summed E-state index contributed by atoms with van der Waals surface area (Å²) in [5.74, 6) is 2.82. The maximum absolute atomic E-state index is 6.45. The molecule has 0 saturated carbocycles. The largest absolute Gasteiger partial charge is 1.00 e. The first-order valence-corrected chi connectivity index (χ1v) is 12.1. The molecule has 34 heavy (non-hydrogen) atoms. The molecule has 2 aliphatic heterocycles. The molecule has 6 heteroatoms. The summed E-state index contributed by atoms with van der Waals surface area (Å²) >= 11 is 0. The van der Waals surface area contributed by atoms with E-state index >= 15 is 0 Å². The molecular formula is C28H40BNaO4. The van der Waals surface area contributed by atoms with Crippen LogP contribution in [0.1, 0.15) is 105 Å².